The number of nitrogens with zero attached hydrogens (tertiary/aromatic N) is 2. The zero-order chi connectivity index (χ0) is 15.5. The molecule has 0 saturated heterocycles. The molecule has 23 heavy (non-hydrogen) atoms. The molecule has 0 saturated carbocycles. The Morgan fingerprint density at radius 3 is 3.13 bits per heavy atom. The molecule has 2 aromatic carbocycles. The van der Waals surface area contributed by atoms with Crippen LogP contribution in [0.5, 0.6) is 5.75 Å². The quantitative estimate of drug-likeness (QED) is 0.711. The number of fused-ring (bicyclic) bond motifs is 2. The van der Waals surface area contributed by atoms with E-state index < -0.39 is 0 Å². The fourth-order valence-corrected chi connectivity index (χ4v) is 3.15. The summed E-state index contributed by atoms with van der Waals surface area (Å²) in [6.07, 6.45) is 4.07. The van der Waals surface area contributed by atoms with Crippen molar-refractivity contribution in [2.45, 2.75) is 25.9 Å². The van der Waals surface area contributed by atoms with Crippen molar-refractivity contribution in [1.29, 1.82) is 0 Å². The van der Waals surface area contributed by atoms with E-state index in [2.05, 4.69) is 51.3 Å². The minimum Gasteiger partial charge on any atom is -0.493 e. The molecule has 0 spiro atoms. The minimum atomic E-state index is 0.824. The summed E-state index contributed by atoms with van der Waals surface area (Å²) in [4.78, 5) is 4.43. The van der Waals surface area contributed by atoms with Gasteiger partial charge in [0.05, 0.1) is 24.0 Å². The molecule has 4 nitrogen and oxygen atoms in total. The third-order valence-corrected chi connectivity index (χ3v) is 4.36. The standard InChI is InChI=1S/C19H21N3O/c1-2-5-18-17(4-1)21-14-22(18)10-3-9-20-13-15-6-7-19-16(12-15)8-11-23-19/h1-2,4-7,12,14,20H,3,8-11,13H2. The first-order chi connectivity index (χ1) is 11.4. The van der Waals surface area contributed by atoms with Gasteiger partial charge in [-0.2, -0.15) is 0 Å². The van der Waals surface area contributed by atoms with E-state index in [0.717, 1.165) is 50.3 Å². The maximum absolute atomic E-state index is 5.54. The maximum atomic E-state index is 5.54. The zero-order valence-corrected chi connectivity index (χ0v) is 13.2. The number of hydrogen-bond donors (Lipinski definition) is 1. The second kappa shape index (κ2) is 6.42. The average Bonchev–Trinajstić information content (AvgIpc) is 3.21. The molecule has 0 radical (unpaired) electrons. The summed E-state index contributed by atoms with van der Waals surface area (Å²) in [5, 5.41) is 3.53. The van der Waals surface area contributed by atoms with Crippen LogP contribution < -0.4 is 10.1 Å². The van der Waals surface area contributed by atoms with Crippen molar-refractivity contribution in [2.75, 3.05) is 13.2 Å². The van der Waals surface area contributed by atoms with E-state index in [1.54, 1.807) is 0 Å². The Labute approximate surface area is 136 Å². The molecule has 1 aromatic heterocycles. The van der Waals surface area contributed by atoms with E-state index in [1.165, 1.54) is 16.6 Å². The molecule has 0 aliphatic carbocycles. The van der Waals surface area contributed by atoms with Gasteiger partial charge in [0.15, 0.2) is 0 Å². The molecule has 0 unspecified atom stereocenters. The molecule has 118 valence electrons. The van der Waals surface area contributed by atoms with Gasteiger partial charge in [-0.1, -0.05) is 24.3 Å². The molecule has 4 heteroatoms. The van der Waals surface area contributed by atoms with E-state index in [1.807, 2.05) is 12.4 Å². The molecule has 1 aliphatic rings. The second-order valence-electron chi connectivity index (χ2n) is 6.00. The Morgan fingerprint density at radius 2 is 2.13 bits per heavy atom. The number of ether oxygens (including phenoxy) is 1. The Balaban J connectivity index is 1.26. The van der Waals surface area contributed by atoms with Crippen LogP contribution in [0.15, 0.2) is 48.8 Å². The molecule has 4 rings (SSSR count). The number of nitrogens with one attached hydrogen (secondary N) is 1. The lowest BCUT2D eigenvalue weighted by molar-refractivity contribution is 0.357. The van der Waals surface area contributed by atoms with Crippen LogP contribution in [0.25, 0.3) is 11.0 Å². The van der Waals surface area contributed by atoms with Crippen LogP contribution in [-0.2, 0) is 19.5 Å². The minimum absolute atomic E-state index is 0.824. The molecular weight excluding hydrogens is 286 g/mol. The Hall–Kier alpha value is -2.33. The highest BCUT2D eigenvalue weighted by atomic mass is 16.5. The van der Waals surface area contributed by atoms with Crippen molar-refractivity contribution < 1.29 is 4.74 Å². The summed E-state index contributed by atoms with van der Waals surface area (Å²) in [6, 6.07) is 14.8. The maximum Gasteiger partial charge on any atom is 0.122 e. The van der Waals surface area contributed by atoms with Gasteiger partial charge in [0.2, 0.25) is 0 Å². The smallest absolute Gasteiger partial charge is 0.122 e. The lowest BCUT2D eigenvalue weighted by Crippen LogP contribution is -2.16. The zero-order valence-electron chi connectivity index (χ0n) is 13.2. The van der Waals surface area contributed by atoms with Gasteiger partial charge >= 0.3 is 0 Å². The molecule has 0 bridgehead atoms. The summed E-state index contributed by atoms with van der Waals surface area (Å²) in [6.45, 7) is 3.73. The highest BCUT2D eigenvalue weighted by Crippen LogP contribution is 2.25. The first-order valence-corrected chi connectivity index (χ1v) is 8.25. The molecule has 1 aliphatic heterocycles. The molecule has 1 N–H and O–H groups in total. The van der Waals surface area contributed by atoms with Crippen molar-refractivity contribution in [3.63, 3.8) is 0 Å². The van der Waals surface area contributed by atoms with Gasteiger partial charge in [0.1, 0.15) is 5.75 Å². The fourth-order valence-electron chi connectivity index (χ4n) is 3.15. The topological polar surface area (TPSA) is 39.1 Å². The van der Waals surface area contributed by atoms with Crippen LogP contribution in [0.2, 0.25) is 0 Å². The van der Waals surface area contributed by atoms with Crippen molar-refractivity contribution >= 4 is 11.0 Å². The summed E-state index contributed by atoms with van der Waals surface area (Å²) in [5.41, 5.74) is 4.96. The van der Waals surface area contributed by atoms with E-state index >= 15 is 0 Å². The van der Waals surface area contributed by atoms with Crippen LogP contribution >= 0.6 is 0 Å². The van der Waals surface area contributed by atoms with Crippen LogP contribution in [-0.4, -0.2) is 22.7 Å². The van der Waals surface area contributed by atoms with Crippen LogP contribution in [0.1, 0.15) is 17.5 Å². The molecular formula is C19H21N3O. The molecule has 2 heterocycles. The first kappa shape index (κ1) is 14.3. The number of para-hydroxylation sites is 2. The van der Waals surface area contributed by atoms with Crippen molar-refractivity contribution in [2.24, 2.45) is 0 Å². The van der Waals surface area contributed by atoms with E-state index in [9.17, 15) is 0 Å². The number of aryl methyl sites for hydroxylation is 1. The average molecular weight is 307 g/mol. The Morgan fingerprint density at radius 1 is 1.17 bits per heavy atom. The van der Waals surface area contributed by atoms with E-state index in [0.29, 0.717) is 0 Å². The number of hydrogen-bond acceptors (Lipinski definition) is 3. The summed E-state index contributed by atoms with van der Waals surface area (Å²) in [7, 11) is 0. The van der Waals surface area contributed by atoms with Gasteiger partial charge in [-0.05, 0) is 42.3 Å². The molecule has 0 fully saturated rings. The Kier molecular flexibility index (Phi) is 3.99. The van der Waals surface area contributed by atoms with Gasteiger partial charge < -0.3 is 14.6 Å². The number of imidazole rings is 1. The van der Waals surface area contributed by atoms with E-state index in [4.69, 9.17) is 4.74 Å². The predicted octanol–water partition coefficient (Wildman–Crippen LogP) is 3.15. The lowest BCUT2D eigenvalue weighted by atomic mass is 10.1. The monoisotopic (exact) mass is 307 g/mol. The van der Waals surface area contributed by atoms with Crippen molar-refractivity contribution in [1.82, 2.24) is 14.9 Å². The second-order valence-corrected chi connectivity index (χ2v) is 6.00. The van der Waals surface area contributed by atoms with Crippen molar-refractivity contribution in [3.8, 4) is 5.75 Å². The van der Waals surface area contributed by atoms with Crippen LogP contribution in [0.4, 0.5) is 0 Å². The highest BCUT2D eigenvalue weighted by molar-refractivity contribution is 5.74. The largest absolute Gasteiger partial charge is 0.493 e. The highest BCUT2D eigenvalue weighted by Gasteiger charge is 2.11. The van der Waals surface area contributed by atoms with Gasteiger partial charge in [0, 0.05) is 19.5 Å². The molecule has 3 aromatic rings. The SMILES string of the molecule is c1ccc2c(c1)ncn2CCCNCc1ccc2c(c1)CCO2. The van der Waals surface area contributed by atoms with Gasteiger partial charge in [-0.3, -0.25) is 0 Å². The number of rotatable bonds is 6. The van der Waals surface area contributed by atoms with Gasteiger partial charge in [-0.25, -0.2) is 4.98 Å². The molecule has 0 amide bonds. The summed E-state index contributed by atoms with van der Waals surface area (Å²) >= 11 is 0. The normalized spacial score (nSPS) is 13.2. The Bertz CT molecular complexity index is 809. The van der Waals surface area contributed by atoms with E-state index in [-0.39, 0.29) is 0 Å². The van der Waals surface area contributed by atoms with Gasteiger partial charge in [-0.15, -0.1) is 0 Å². The predicted molar refractivity (Wildman–Crippen MR) is 91.7 cm³/mol. The van der Waals surface area contributed by atoms with Crippen molar-refractivity contribution in [3.05, 3.63) is 59.9 Å². The third kappa shape index (κ3) is 3.08. The lowest BCUT2D eigenvalue weighted by Gasteiger charge is -2.08. The third-order valence-electron chi connectivity index (χ3n) is 4.36. The van der Waals surface area contributed by atoms with Gasteiger partial charge in [0.25, 0.3) is 0 Å². The fraction of sp³-hybridized carbons (Fsp3) is 0.316. The molecule has 0 atom stereocenters. The number of benzene rings is 2. The number of aromatic nitrogens is 2. The van der Waals surface area contributed by atoms with Crippen LogP contribution in [0, 0.1) is 0 Å². The summed E-state index contributed by atoms with van der Waals surface area (Å²) in [5.74, 6) is 1.06. The first-order valence-electron chi connectivity index (χ1n) is 8.25. The summed E-state index contributed by atoms with van der Waals surface area (Å²) < 4.78 is 7.77. The van der Waals surface area contributed by atoms with Crippen LogP contribution in [0.3, 0.4) is 0 Å².